The molecule has 0 fully saturated rings. The molecule has 0 aliphatic rings. The van der Waals surface area contributed by atoms with Gasteiger partial charge in [-0.25, -0.2) is 0 Å². The van der Waals surface area contributed by atoms with E-state index in [9.17, 15) is 4.79 Å². The Kier molecular flexibility index (Phi) is 6.94. The van der Waals surface area contributed by atoms with Gasteiger partial charge in [0.15, 0.2) is 5.65 Å². The number of fused-ring (bicyclic) bond motifs is 1. The number of anilines is 1. The summed E-state index contributed by atoms with van der Waals surface area (Å²) >= 11 is 1.25. The van der Waals surface area contributed by atoms with Gasteiger partial charge in [-0.2, -0.15) is 9.61 Å². The number of hydrogen-bond acceptors (Lipinski definition) is 8. The molecule has 0 atom stereocenters. The molecule has 2 heterocycles. The Morgan fingerprint density at radius 3 is 2.36 bits per heavy atom. The fourth-order valence-electron chi connectivity index (χ4n) is 3.11. The normalized spacial score (nSPS) is 10.8. The third-order valence-corrected chi connectivity index (χ3v) is 5.58. The molecule has 1 N–H and O–H groups in total. The molecule has 0 saturated heterocycles. The van der Waals surface area contributed by atoms with Crippen molar-refractivity contribution in [2.45, 2.75) is 12.1 Å². The van der Waals surface area contributed by atoms with Gasteiger partial charge in [0.05, 0.1) is 32.3 Å². The van der Waals surface area contributed by atoms with Crippen molar-refractivity contribution >= 4 is 29.0 Å². The Morgan fingerprint density at radius 1 is 0.970 bits per heavy atom. The van der Waals surface area contributed by atoms with Crippen molar-refractivity contribution in [3.63, 3.8) is 0 Å². The molecule has 1 amide bonds. The van der Waals surface area contributed by atoms with Gasteiger partial charge in [0.2, 0.25) is 11.1 Å². The number of nitrogens with zero attached hydrogens (tertiary/aromatic N) is 4. The predicted octanol–water partition coefficient (Wildman–Crippen LogP) is 3.94. The largest absolute Gasteiger partial charge is 0.497 e. The summed E-state index contributed by atoms with van der Waals surface area (Å²) in [6, 6.07) is 16.6. The smallest absolute Gasteiger partial charge is 0.234 e. The van der Waals surface area contributed by atoms with Gasteiger partial charge in [-0.3, -0.25) is 4.79 Å². The molecule has 10 heteroatoms. The molecule has 0 radical (unpaired) electrons. The zero-order chi connectivity index (χ0) is 23.2. The first kappa shape index (κ1) is 22.4. The minimum absolute atomic E-state index is 0.134. The van der Waals surface area contributed by atoms with E-state index in [1.165, 1.54) is 11.8 Å². The molecular weight excluding hydrogens is 442 g/mol. The maximum absolute atomic E-state index is 12.5. The predicted molar refractivity (Wildman–Crippen MR) is 126 cm³/mol. The van der Waals surface area contributed by atoms with Crippen LogP contribution in [0.1, 0.15) is 6.92 Å². The molecular formula is C23H23N5O4S. The van der Waals surface area contributed by atoms with E-state index in [0.717, 1.165) is 17.0 Å². The number of thioether (sulfide) groups is 1. The average molecular weight is 466 g/mol. The molecule has 33 heavy (non-hydrogen) atoms. The van der Waals surface area contributed by atoms with E-state index in [1.807, 2.05) is 43.3 Å². The number of ether oxygens (including phenoxy) is 3. The first-order chi connectivity index (χ1) is 16.1. The van der Waals surface area contributed by atoms with Gasteiger partial charge >= 0.3 is 0 Å². The number of hydrogen-bond donors (Lipinski definition) is 1. The Hall–Kier alpha value is -3.79. The second-order valence-corrected chi connectivity index (χ2v) is 7.81. The van der Waals surface area contributed by atoms with Crippen LogP contribution in [0.4, 0.5) is 5.69 Å². The molecule has 2 aromatic carbocycles. The first-order valence-corrected chi connectivity index (χ1v) is 11.2. The highest BCUT2D eigenvalue weighted by Crippen LogP contribution is 2.26. The van der Waals surface area contributed by atoms with E-state index < -0.39 is 0 Å². The average Bonchev–Trinajstić information content (AvgIpc) is 3.25. The SMILES string of the molecule is CCOc1ccc(-c2ccc3nnc(SCC(=O)Nc4cc(OC)cc(OC)c4)n3n2)cc1. The second kappa shape index (κ2) is 10.2. The van der Waals surface area contributed by atoms with Crippen LogP contribution in [0.5, 0.6) is 17.2 Å². The summed E-state index contributed by atoms with van der Waals surface area (Å²) in [4.78, 5) is 12.5. The Bertz CT molecular complexity index is 1240. The standard InChI is InChI=1S/C23H23N5O4S/c1-4-32-17-7-5-15(6-8-17)20-9-10-21-25-26-23(28(21)27-20)33-14-22(29)24-16-11-18(30-2)13-19(12-16)31-3/h5-13H,4,14H2,1-3H3,(H,24,29). The highest BCUT2D eigenvalue weighted by molar-refractivity contribution is 7.99. The Balaban J connectivity index is 1.46. The summed E-state index contributed by atoms with van der Waals surface area (Å²) in [7, 11) is 3.11. The molecule has 0 aliphatic heterocycles. The van der Waals surface area contributed by atoms with Crippen LogP contribution in [0.25, 0.3) is 16.9 Å². The third kappa shape index (κ3) is 5.35. The van der Waals surface area contributed by atoms with Gasteiger partial charge < -0.3 is 19.5 Å². The van der Waals surface area contributed by atoms with Crippen LogP contribution < -0.4 is 19.5 Å². The molecule has 0 saturated carbocycles. The van der Waals surface area contributed by atoms with Crippen molar-refractivity contribution in [3.05, 3.63) is 54.6 Å². The van der Waals surface area contributed by atoms with Crippen LogP contribution in [-0.4, -0.2) is 52.3 Å². The topological polar surface area (TPSA) is 99.9 Å². The van der Waals surface area contributed by atoms with Crippen molar-refractivity contribution in [1.29, 1.82) is 0 Å². The van der Waals surface area contributed by atoms with Crippen LogP contribution in [0, 0.1) is 0 Å². The van der Waals surface area contributed by atoms with E-state index in [4.69, 9.17) is 14.2 Å². The van der Waals surface area contributed by atoms with Crippen molar-refractivity contribution in [2.24, 2.45) is 0 Å². The van der Waals surface area contributed by atoms with E-state index in [-0.39, 0.29) is 11.7 Å². The number of rotatable bonds is 9. The highest BCUT2D eigenvalue weighted by Gasteiger charge is 2.13. The van der Waals surface area contributed by atoms with Crippen LogP contribution in [-0.2, 0) is 4.79 Å². The van der Waals surface area contributed by atoms with Gasteiger partial charge in [0.1, 0.15) is 17.2 Å². The van der Waals surface area contributed by atoms with Crippen LogP contribution in [0.15, 0.2) is 59.8 Å². The number of benzene rings is 2. The summed E-state index contributed by atoms with van der Waals surface area (Å²) in [5, 5.41) is 16.3. The van der Waals surface area contributed by atoms with Crippen molar-refractivity contribution in [3.8, 4) is 28.5 Å². The summed E-state index contributed by atoms with van der Waals surface area (Å²) in [6.07, 6.45) is 0. The number of methoxy groups -OCH3 is 2. The van der Waals surface area contributed by atoms with Gasteiger partial charge in [-0.05, 0) is 43.3 Å². The molecule has 0 aliphatic carbocycles. The summed E-state index contributed by atoms with van der Waals surface area (Å²) in [5.41, 5.74) is 2.89. The Morgan fingerprint density at radius 2 is 1.70 bits per heavy atom. The van der Waals surface area contributed by atoms with E-state index in [2.05, 4.69) is 20.6 Å². The minimum atomic E-state index is -0.199. The molecule has 0 unspecified atom stereocenters. The highest BCUT2D eigenvalue weighted by atomic mass is 32.2. The molecule has 9 nitrogen and oxygen atoms in total. The lowest BCUT2D eigenvalue weighted by Crippen LogP contribution is -2.14. The fraction of sp³-hybridized carbons (Fsp3) is 0.217. The number of carbonyl (C=O) groups is 1. The quantitative estimate of drug-likeness (QED) is 0.371. The van der Waals surface area contributed by atoms with Crippen molar-refractivity contribution < 1.29 is 19.0 Å². The van der Waals surface area contributed by atoms with Gasteiger partial charge in [-0.15, -0.1) is 10.2 Å². The molecule has 0 bridgehead atoms. The molecule has 4 aromatic rings. The van der Waals surface area contributed by atoms with E-state index in [1.54, 1.807) is 36.9 Å². The Labute approximate surface area is 195 Å². The van der Waals surface area contributed by atoms with Crippen molar-refractivity contribution in [1.82, 2.24) is 19.8 Å². The van der Waals surface area contributed by atoms with Crippen LogP contribution in [0.3, 0.4) is 0 Å². The summed E-state index contributed by atoms with van der Waals surface area (Å²) in [6.45, 7) is 2.56. The first-order valence-electron chi connectivity index (χ1n) is 10.2. The maximum atomic E-state index is 12.5. The lowest BCUT2D eigenvalue weighted by atomic mass is 10.1. The fourth-order valence-corrected chi connectivity index (χ4v) is 3.80. The number of nitrogens with one attached hydrogen (secondary N) is 1. The van der Waals surface area contributed by atoms with Crippen LogP contribution in [0.2, 0.25) is 0 Å². The van der Waals surface area contributed by atoms with E-state index in [0.29, 0.717) is 34.6 Å². The zero-order valence-corrected chi connectivity index (χ0v) is 19.3. The lowest BCUT2D eigenvalue weighted by molar-refractivity contribution is -0.113. The maximum Gasteiger partial charge on any atom is 0.234 e. The van der Waals surface area contributed by atoms with Gasteiger partial charge in [0, 0.05) is 29.4 Å². The zero-order valence-electron chi connectivity index (χ0n) is 18.4. The second-order valence-electron chi connectivity index (χ2n) is 6.87. The molecule has 2 aromatic heterocycles. The number of aromatic nitrogens is 4. The lowest BCUT2D eigenvalue weighted by Gasteiger charge is -2.09. The number of carbonyl (C=O) groups excluding carboxylic acids is 1. The van der Waals surface area contributed by atoms with Gasteiger partial charge in [0.25, 0.3) is 0 Å². The minimum Gasteiger partial charge on any atom is -0.497 e. The summed E-state index contributed by atoms with van der Waals surface area (Å²) in [5.74, 6) is 1.92. The van der Waals surface area contributed by atoms with Crippen molar-refractivity contribution in [2.75, 3.05) is 31.9 Å². The molecule has 4 rings (SSSR count). The monoisotopic (exact) mass is 465 g/mol. The van der Waals surface area contributed by atoms with Gasteiger partial charge in [-0.1, -0.05) is 11.8 Å². The summed E-state index contributed by atoms with van der Waals surface area (Å²) < 4.78 is 17.6. The van der Waals surface area contributed by atoms with E-state index >= 15 is 0 Å². The molecule has 0 spiro atoms. The van der Waals surface area contributed by atoms with Crippen LogP contribution >= 0.6 is 11.8 Å². The third-order valence-electron chi connectivity index (χ3n) is 4.66. The number of amides is 1. The molecule has 170 valence electrons.